The van der Waals surface area contributed by atoms with Crippen LogP contribution >= 0.6 is 0 Å². The van der Waals surface area contributed by atoms with Gasteiger partial charge in [-0.3, -0.25) is 0 Å². The Bertz CT molecular complexity index is 867. The first-order valence-corrected chi connectivity index (χ1v) is 14.5. The summed E-state index contributed by atoms with van der Waals surface area (Å²) in [5.74, 6) is -0.582. The van der Waals surface area contributed by atoms with E-state index in [0.717, 1.165) is 0 Å². The van der Waals surface area contributed by atoms with Crippen LogP contribution in [0.1, 0.15) is 45.4 Å². The van der Waals surface area contributed by atoms with E-state index in [2.05, 4.69) is 0 Å². The molecule has 5 fully saturated rings. The van der Waals surface area contributed by atoms with Gasteiger partial charge in [-0.25, -0.2) is 0 Å². The summed E-state index contributed by atoms with van der Waals surface area (Å²) in [5, 5.41) is 104. The van der Waals surface area contributed by atoms with Crippen LogP contribution in [0.25, 0.3) is 0 Å². The quantitative estimate of drug-likeness (QED) is 0.134. The average molecular weight is 598 g/mol. The highest BCUT2D eigenvalue weighted by Crippen LogP contribution is 2.42. The first-order chi connectivity index (χ1) is 19.3. The monoisotopic (exact) mass is 597 g/mol. The maximum absolute atomic E-state index is 10.8. The second-order valence-corrected chi connectivity index (χ2v) is 12.3. The second kappa shape index (κ2) is 12.8. The van der Waals surface area contributed by atoms with E-state index in [0.29, 0.717) is 19.3 Å². The molecular formula is C26H45O15+. The number of aliphatic hydroxyl groups is 12. The number of ether oxygens (including phenoxy) is 5. The first-order valence-electron chi connectivity index (χ1n) is 14.5. The van der Waals surface area contributed by atoms with Crippen molar-refractivity contribution in [3.63, 3.8) is 0 Å². The molecule has 0 aromatic carbocycles. The van der Waals surface area contributed by atoms with Gasteiger partial charge in [0.05, 0.1) is 36.4 Å². The minimum Gasteiger partial charge on any atom is -0.427 e. The van der Waals surface area contributed by atoms with Crippen LogP contribution in [0.4, 0.5) is 0 Å². The van der Waals surface area contributed by atoms with E-state index in [1.807, 2.05) is 0 Å². The van der Waals surface area contributed by atoms with Crippen LogP contribution in [0.2, 0.25) is 0 Å². The van der Waals surface area contributed by atoms with Crippen molar-refractivity contribution >= 4 is 0 Å². The van der Waals surface area contributed by atoms with E-state index in [-0.39, 0.29) is 37.2 Å². The molecule has 0 aromatic rings. The normalized spacial score (nSPS) is 56.7. The Hall–Kier alpha value is -0.600. The summed E-state index contributed by atoms with van der Waals surface area (Å²) in [6.45, 7) is 1.44. The fraction of sp³-hybridized carbons (Fsp3) is 1.00. The van der Waals surface area contributed by atoms with E-state index in [4.69, 9.17) is 23.7 Å². The SMILES string of the molecule is C[C@@H]1O[C@H](O[C@H]2O[C@@H](OC3CC4C(O)CC(O)CC4[OH+]C3C3CCC(O)C(O)C3)[C@H](O)[C@@H](O)[C@@H]2O)[C@H](O)[C@H](O)[C@H]1O. The lowest BCUT2D eigenvalue weighted by Crippen LogP contribution is -2.64. The van der Waals surface area contributed by atoms with Crippen molar-refractivity contribution in [3.8, 4) is 0 Å². The largest absolute Gasteiger partial charge is 0.427 e. The van der Waals surface area contributed by atoms with Crippen molar-refractivity contribution in [2.75, 3.05) is 0 Å². The summed E-state index contributed by atoms with van der Waals surface area (Å²) >= 11 is 0. The van der Waals surface area contributed by atoms with Crippen LogP contribution in [0.5, 0.6) is 0 Å². The van der Waals surface area contributed by atoms with Gasteiger partial charge < -0.3 is 74.7 Å². The third kappa shape index (κ3) is 6.45. The van der Waals surface area contributed by atoms with Crippen molar-refractivity contribution in [3.05, 3.63) is 0 Å². The molecule has 19 atom stereocenters. The summed E-state index contributed by atoms with van der Waals surface area (Å²) in [7, 11) is 0. The van der Waals surface area contributed by atoms with Gasteiger partial charge >= 0.3 is 0 Å². The van der Waals surface area contributed by atoms with Gasteiger partial charge in [-0.15, -0.1) is 0 Å². The smallest absolute Gasteiger partial charge is 0.192 e. The average Bonchev–Trinajstić information content (AvgIpc) is 2.93. The zero-order valence-corrected chi connectivity index (χ0v) is 22.8. The Balaban J connectivity index is 1.33. The molecule has 15 nitrogen and oxygen atoms in total. The van der Waals surface area contributed by atoms with Crippen LogP contribution in [0, 0.1) is 11.8 Å². The second-order valence-electron chi connectivity index (χ2n) is 12.3. The van der Waals surface area contributed by atoms with Gasteiger partial charge in [0.25, 0.3) is 0 Å². The molecule has 11 N–H and O–H groups in total. The van der Waals surface area contributed by atoms with Gasteiger partial charge in [-0.2, -0.15) is 0 Å². The molecule has 3 heterocycles. The maximum Gasteiger partial charge on any atom is 0.192 e. The van der Waals surface area contributed by atoms with Crippen LogP contribution < -0.4 is 0 Å². The standard InChI is InChI=1S/C26H44O15/c1-8-17(31)18(32)20(34)24(37-8)40-26-22(36)19(33)21(35)25(41-26)39-16-7-11-13(29)5-10(27)6-15(11)38-23(16)9-2-3-12(28)14(30)4-9/h8-36H,2-7H2,1H3/p+1/t8-,9?,10?,11?,12?,13?,14?,15?,16?,17-,18+,19+,20+,21+,22-,23?,24+,25+,26-/m0/s1. The van der Waals surface area contributed by atoms with Crippen LogP contribution in [0.3, 0.4) is 0 Å². The summed E-state index contributed by atoms with van der Waals surface area (Å²) in [4.78, 5) is 0. The number of hydrogen-bond acceptors (Lipinski definition) is 14. The molecule has 41 heavy (non-hydrogen) atoms. The summed E-state index contributed by atoms with van der Waals surface area (Å²) in [5.41, 5.74) is 0. The fourth-order valence-corrected chi connectivity index (χ4v) is 6.98. The molecule has 0 spiro atoms. The molecule has 5 aliphatic rings. The minimum absolute atomic E-state index is 0.175. The highest BCUT2D eigenvalue weighted by Gasteiger charge is 2.55. The molecule has 3 saturated heterocycles. The third-order valence-corrected chi connectivity index (χ3v) is 9.48. The topological polar surface area (TPSA) is 252 Å². The van der Waals surface area contributed by atoms with E-state index in [9.17, 15) is 51.1 Å². The Morgan fingerprint density at radius 1 is 0.585 bits per heavy atom. The molecule has 2 saturated carbocycles. The molecule has 238 valence electrons. The van der Waals surface area contributed by atoms with E-state index in [1.165, 1.54) is 6.92 Å². The van der Waals surface area contributed by atoms with Gasteiger partial charge in [-0.05, 0) is 32.6 Å². The Morgan fingerprint density at radius 3 is 1.85 bits per heavy atom. The molecule has 0 amide bonds. The van der Waals surface area contributed by atoms with Crippen molar-refractivity contribution in [1.82, 2.24) is 0 Å². The number of aliphatic hydroxyl groups excluding tert-OH is 10. The molecule has 5 rings (SSSR count). The Kier molecular flexibility index (Phi) is 9.92. The third-order valence-electron chi connectivity index (χ3n) is 9.48. The van der Waals surface area contributed by atoms with E-state index < -0.39 is 98.2 Å². The molecule has 0 radical (unpaired) electrons. The van der Waals surface area contributed by atoms with Gasteiger partial charge in [0.1, 0.15) is 42.7 Å². The zero-order chi connectivity index (χ0) is 29.7. The Morgan fingerprint density at radius 2 is 1.20 bits per heavy atom. The van der Waals surface area contributed by atoms with Crippen LogP contribution in [-0.4, -0.2) is 160 Å². The van der Waals surface area contributed by atoms with Crippen LogP contribution in [-0.2, 0) is 18.9 Å². The van der Waals surface area contributed by atoms with Gasteiger partial charge in [0.15, 0.2) is 31.1 Å². The van der Waals surface area contributed by atoms with Gasteiger partial charge in [0, 0.05) is 18.8 Å². The lowest BCUT2D eigenvalue weighted by molar-refractivity contribution is -0.410. The van der Waals surface area contributed by atoms with Crippen molar-refractivity contribution in [2.45, 2.75) is 150 Å². The van der Waals surface area contributed by atoms with Crippen molar-refractivity contribution < 1.29 is 74.7 Å². The maximum atomic E-state index is 10.8. The summed E-state index contributed by atoms with van der Waals surface area (Å²) in [6.07, 6.45) is -19.0. The van der Waals surface area contributed by atoms with Crippen LogP contribution in [0.15, 0.2) is 0 Å². The summed E-state index contributed by atoms with van der Waals surface area (Å²) < 4.78 is 27.8. The lowest BCUT2D eigenvalue weighted by atomic mass is 9.72. The minimum atomic E-state index is -1.80. The first kappa shape index (κ1) is 31.8. The molecular weight excluding hydrogens is 552 g/mol. The van der Waals surface area contributed by atoms with E-state index >= 15 is 0 Å². The zero-order valence-electron chi connectivity index (χ0n) is 22.8. The molecule has 2 aliphatic carbocycles. The number of fused-ring (bicyclic) bond motifs is 1. The number of rotatable bonds is 5. The van der Waals surface area contributed by atoms with Gasteiger partial charge in [-0.1, -0.05) is 0 Å². The highest BCUT2D eigenvalue weighted by atomic mass is 16.8. The van der Waals surface area contributed by atoms with Crippen molar-refractivity contribution in [2.24, 2.45) is 11.8 Å². The number of hydrogen-bond donors (Lipinski definition) is 10. The fourth-order valence-electron chi connectivity index (χ4n) is 6.98. The molecule has 0 bridgehead atoms. The predicted octanol–water partition coefficient (Wildman–Crippen LogP) is -4.70. The molecule has 3 aliphatic heterocycles. The molecule has 0 aromatic heterocycles. The lowest BCUT2D eigenvalue weighted by Gasteiger charge is -2.48. The van der Waals surface area contributed by atoms with Gasteiger partial charge in [0.2, 0.25) is 0 Å². The van der Waals surface area contributed by atoms with Crippen molar-refractivity contribution in [1.29, 1.82) is 0 Å². The Labute approximate surface area is 236 Å². The predicted molar refractivity (Wildman–Crippen MR) is 133 cm³/mol. The van der Waals surface area contributed by atoms with E-state index in [1.54, 1.807) is 0 Å². The highest BCUT2D eigenvalue weighted by molar-refractivity contribution is 4.98. The molecule has 15 heteroatoms. The molecule has 9 unspecified atom stereocenters. The summed E-state index contributed by atoms with van der Waals surface area (Å²) in [6, 6.07) is 0.